The standard InChI is InChI=1S/C28H38N4O2/c1-23(33)32-19-9-17-30(22-26-13-6-7-15-29-26)16-8-18-31(21-25-12-4-5-14-27(25)32)28(34)20-24-10-2-3-11-24/h4-7,12-15,24H,2-3,8-11,16-22H2,1H3. The zero-order valence-electron chi connectivity index (χ0n) is 20.5. The van der Waals surface area contributed by atoms with Crippen molar-refractivity contribution in [2.45, 2.75) is 65.0 Å². The van der Waals surface area contributed by atoms with Crippen molar-refractivity contribution in [3.63, 3.8) is 0 Å². The van der Waals surface area contributed by atoms with Crippen molar-refractivity contribution < 1.29 is 9.59 Å². The van der Waals surface area contributed by atoms with E-state index in [2.05, 4.69) is 22.0 Å². The number of para-hydroxylation sites is 1. The third-order valence-electron chi connectivity index (χ3n) is 7.18. The number of anilines is 1. The van der Waals surface area contributed by atoms with Crippen LogP contribution < -0.4 is 4.90 Å². The normalized spacial score (nSPS) is 18.7. The van der Waals surface area contributed by atoms with E-state index in [1.165, 1.54) is 25.7 Å². The van der Waals surface area contributed by atoms with Crippen LogP contribution in [0.25, 0.3) is 0 Å². The van der Waals surface area contributed by atoms with E-state index in [0.717, 1.165) is 56.0 Å². The Balaban J connectivity index is 1.55. The number of benzene rings is 1. The van der Waals surface area contributed by atoms with E-state index >= 15 is 0 Å². The van der Waals surface area contributed by atoms with Crippen LogP contribution in [-0.2, 0) is 22.7 Å². The Kier molecular flexibility index (Phi) is 8.69. The number of rotatable bonds is 4. The molecule has 2 heterocycles. The Bertz CT molecular complexity index is 942. The first-order chi connectivity index (χ1) is 16.6. The first-order valence-electron chi connectivity index (χ1n) is 12.9. The third kappa shape index (κ3) is 6.66. The molecule has 1 aromatic carbocycles. The summed E-state index contributed by atoms with van der Waals surface area (Å²) in [5.41, 5.74) is 3.05. The monoisotopic (exact) mass is 462 g/mol. The highest BCUT2D eigenvalue weighted by Crippen LogP contribution is 2.29. The van der Waals surface area contributed by atoms with E-state index in [1.807, 2.05) is 46.3 Å². The lowest BCUT2D eigenvalue weighted by molar-refractivity contribution is -0.133. The minimum absolute atomic E-state index is 0.0459. The smallest absolute Gasteiger partial charge is 0.223 e. The number of pyridine rings is 1. The number of carbonyl (C=O) groups excluding carboxylic acids is 2. The van der Waals surface area contributed by atoms with Crippen molar-refractivity contribution in [1.29, 1.82) is 0 Å². The fourth-order valence-corrected chi connectivity index (χ4v) is 5.37. The summed E-state index contributed by atoms with van der Waals surface area (Å²) in [6.45, 7) is 6.18. The molecule has 0 bridgehead atoms. The lowest BCUT2D eigenvalue weighted by atomic mass is 10.0. The highest BCUT2D eigenvalue weighted by molar-refractivity contribution is 5.92. The van der Waals surface area contributed by atoms with Crippen molar-refractivity contribution in [1.82, 2.24) is 14.8 Å². The van der Waals surface area contributed by atoms with Gasteiger partial charge in [-0.05, 0) is 55.4 Å². The fourth-order valence-electron chi connectivity index (χ4n) is 5.37. The lowest BCUT2D eigenvalue weighted by Gasteiger charge is -2.31. The van der Waals surface area contributed by atoms with Gasteiger partial charge >= 0.3 is 0 Å². The summed E-state index contributed by atoms with van der Waals surface area (Å²) in [6, 6.07) is 14.1. The van der Waals surface area contributed by atoms with Crippen LogP contribution in [0.15, 0.2) is 48.7 Å². The number of nitrogens with zero attached hydrogens (tertiary/aromatic N) is 4. The first kappa shape index (κ1) is 24.4. The number of amides is 2. The molecule has 1 fully saturated rings. The second-order valence-electron chi connectivity index (χ2n) is 9.77. The Labute approximate surface area is 204 Å². The summed E-state index contributed by atoms with van der Waals surface area (Å²) in [6.07, 6.45) is 9.15. The van der Waals surface area contributed by atoms with Crippen molar-refractivity contribution in [2.24, 2.45) is 5.92 Å². The van der Waals surface area contributed by atoms with Crippen LogP contribution in [0.5, 0.6) is 0 Å². The molecule has 1 saturated carbocycles. The van der Waals surface area contributed by atoms with E-state index in [4.69, 9.17) is 0 Å². The topological polar surface area (TPSA) is 56.8 Å². The van der Waals surface area contributed by atoms with Gasteiger partial charge < -0.3 is 9.80 Å². The summed E-state index contributed by atoms with van der Waals surface area (Å²) >= 11 is 0. The molecule has 2 amide bonds. The van der Waals surface area contributed by atoms with Gasteiger partial charge in [0.1, 0.15) is 0 Å². The quantitative estimate of drug-likeness (QED) is 0.664. The average molecular weight is 463 g/mol. The molecule has 6 nitrogen and oxygen atoms in total. The lowest BCUT2D eigenvalue weighted by Crippen LogP contribution is -2.38. The van der Waals surface area contributed by atoms with Crippen LogP contribution in [0, 0.1) is 5.92 Å². The predicted octanol–water partition coefficient (Wildman–Crippen LogP) is 4.64. The first-order valence-corrected chi connectivity index (χ1v) is 12.9. The summed E-state index contributed by atoms with van der Waals surface area (Å²) in [5.74, 6) is 0.826. The summed E-state index contributed by atoms with van der Waals surface area (Å²) in [5, 5.41) is 0. The average Bonchev–Trinajstić information content (AvgIpc) is 3.34. The Morgan fingerprint density at radius 2 is 1.65 bits per heavy atom. The van der Waals surface area contributed by atoms with Gasteiger partial charge in [0, 0.05) is 64.5 Å². The van der Waals surface area contributed by atoms with Gasteiger partial charge in [-0.2, -0.15) is 0 Å². The molecule has 0 N–H and O–H groups in total. The molecule has 2 aliphatic rings. The van der Waals surface area contributed by atoms with Crippen LogP contribution >= 0.6 is 0 Å². The predicted molar refractivity (Wildman–Crippen MR) is 135 cm³/mol. The molecule has 34 heavy (non-hydrogen) atoms. The maximum atomic E-state index is 13.4. The SMILES string of the molecule is CC(=O)N1CCCN(Cc2ccccn2)CCCN(C(=O)CC2CCCC2)Cc2ccccc21. The Hall–Kier alpha value is -2.73. The molecule has 0 radical (unpaired) electrons. The molecule has 2 aromatic rings. The fraction of sp³-hybridized carbons (Fsp3) is 0.536. The molecule has 1 aliphatic carbocycles. The van der Waals surface area contributed by atoms with Gasteiger partial charge in [0.25, 0.3) is 0 Å². The van der Waals surface area contributed by atoms with E-state index in [1.54, 1.807) is 6.92 Å². The minimum atomic E-state index is 0.0459. The molecular weight excluding hydrogens is 424 g/mol. The van der Waals surface area contributed by atoms with Gasteiger partial charge in [0.15, 0.2) is 0 Å². The molecule has 182 valence electrons. The zero-order chi connectivity index (χ0) is 23.8. The molecule has 4 rings (SSSR count). The van der Waals surface area contributed by atoms with Gasteiger partial charge in [0.2, 0.25) is 11.8 Å². The molecule has 0 unspecified atom stereocenters. The highest BCUT2D eigenvalue weighted by Gasteiger charge is 2.24. The van der Waals surface area contributed by atoms with Crippen LogP contribution in [0.1, 0.15) is 63.1 Å². The molecule has 0 spiro atoms. The van der Waals surface area contributed by atoms with Gasteiger partial charge in [-0.15, -0.1) is 0 Å². The van der Waals surface area contributed by atoms with E-state index < -0.39 is 0 Å². The Morgan fingerprint density at radius 1 is 0.912 bits per heavy atom. The molecule has 0 saturated heterocycles. The second-order valence-corrected chi connectivity index (χ2v) is 9.77. The number of hydrogen-bond acceptors (Lipinski definition) is 4. The van der Waals surface area contributed by atoms with Gasteiger partial charge in [-0.3, -0.25) is 19.5 Å². The van der Waals surface area contributed by atoms with Crippen LogP contribution in [0.3, 0.4) is 0 Å². The number of carbonyl (C=O) groups is 2. The number of fused-ring (bicyclic) bond motifs is 1. The number of aromatic nitrogens is 1. The van der Waals surface area contributed by atoms with Gasteiger partial charge in [-0.25, -0.2) is 0 Å². The summed E-state index contributed by atoms with van der Waals surface area (Å²) in [7, 11) is 0. The van der Waals surface area contributed by atoms with Gasteiger partial charge in [0.05, 0.1) is 5.69 Å². The molecular formula is C28H38N4O2. The largest absolute Gasteiger partial charge is 0.338 e. The van der Waals surface area contributed by atoms with Crippen molar-refractivity contribution >= 4 is 17.5 Å². The second kappa shape index (κ2) is 12.1. The minimum Gasteiger partial charge on any atom is -0.338 e. The van der Waals surface area contributed by atoms with Crippen LogP contribution in [-0.4, -0.2) is 52.8 Å². The summed E-state index contributed by atoms with van der Waals surface area (Å²) in [4.78, 5) is 36.8. The van der Waals surface area contributed by atoms with E-state index in [9.17, 15) is 9.59 Å². The maximum absolute atomic E-state index is 13.4. The zero-order valence-corrected chi connectivity index (χ0v) is 20.5. The molecule has 1 aliphatic heterocycles. The molecule has 0 atom stereocenters. The highest BCUT2D eigenvalue weighted by atomic mass is 16.2. The third-order valence-corrected chi connectivity index (χ3v) is 7.18. The Morgan fingerprint density at radius 3 is 2.38 bits per heavy atom. The van der Waals surface area contributed by atoms with E-state index in [0.29, 0.717) is 25.4 Å². The van der Waals surface area contributed by atoms with Crippen LogP contribution in [0.2, 0.25) is 0 Å². The van der Waals surface area contributed by atoms with E-state index in [-0.39, 0.29) is 11.8 Å². The van der Waals surface area contributed by atoms with Crippen molar-refractivity contribution in [3.05, 3.63) is 59.9 Å². The van der Waals surface area contributed by atoms with Crippen molar-refractivity contribution in [3.8, 4) is 0 Å². The number of hydrogen-bond donors (Lipinski definition) is 0. The van der Waals surface area contributed by atoms with Crippen LogP contribution in [0.4, 0.5) is 5.69 Å². The maximum Gasteiger partial charge on any atom is 0.223 e. The summed E-state index contributed by atoms with van der Waals surface area (Å²) < 4.78 is 0. The van der Waals surface area contributed by atoms with Crippen molar-refractivity contribution in [2.75, 3.05) is 31.1 Å². The van der Waals surface area contributed by atoms with Gasteiger partial charge in [-0.1, -0.05) is 37.1 Å². The molecule has 1 aromatic heterocycles. The molecule has 6 heteroatoms.